The normalized spacial score (nSPS) is 14.6. The summed E-state index contributed by atoms with van der Waals surface area (Å²) in [5, 5.41) is 3.22. The number of benzene rings is 1. The van der Waals surface area contributed by atoms with E-state index in [1.165, 1.54) is 0 Å². The number of pyridine rings is 1. The molecule has 8 heteroatoms. The molecule has 2 aliphatic heterocycles. The van der Waals surface area contributed by atoms with E-state index in [-0.39, 0.29) is 6.79 Å². The van der Waals surface area contributed by atoms with Crippen molar-refractivity contribution in [2.45, 2.75) is 11.7 Å². The van der Waals surface area contributed by atoms with Gasteiger partial charge < -0.3 is 14.2 Å². The second-order valence-corrected chi connectivity index (χ2v) is 6.89. The minimum absolute atomic E-state index is 0.289. The average Bonchev–Trinajstić information content (AvgIpc) is 3.39. The highest BCUT2D eigenvalue weighted by molar-refractivity contribution is 7.99. The number of hydrogen-bond acceptors (Lipinski definition) is 7. The highest BCUT2D eigenvalue weighted by Crippen LogP contribution is 2.36. The van der Waals surface area contributed by atoms with Crippen LogP contribution in [-0.4, -0.2) is 34.4 Å². The fourth-order valence-corrected chi connectivity index (χ4v) is 4.06. The molecular weight excluding hydrogens is 352 g/mol. The van der Waals surface area contributed by atoms with Gasteiger partial charge in [-0.2, -0.15) is 0 Å². The van der Waals surface area contributed by atoms with Crippen molar-refractivity contribution in [2.24, 2.45) is 0 Å². The summed E-state index contributed by atoms with van der Waals surface area (Å²) in [7, 11) is 1.64. The van der Waals surface area contributed by atoms with Crippen molar-refractivity contribution in [3.05, 3.63) is 48.4 Å². The maximum Gasteiger partial charge on any atom is 0.231 e. The molecule has 0 radical (unpaired) electrons. The monoisotopic (exact) mass is 368 g/mol. The number of fused-ring (bicyclic) bond motifs is 2. The van der Waals surface area contributed by atoms with Crippen LogP contribution in [0.15, 0.2) is 48.0 Å². The summed E-state index contributed by atoms with van der Waals surface area (Å²) < 4.78 is 18.3. The number of methoxy groups -OCH3 is 1. The Balaban J connectivity index is 1.47. The van der Waals surface area contributed by atoms with Crippen molar-refractivity contribution in [1.82, 2.24) is 14.6 Å². The Kier molecular flexibility index (Phi) is 3.63. The van der Waals surface area contributed by atoms with Crippen LogP contribution in [0.1, 0.15) is 5.56 Å². The number of imidazole rings is 1. The fraction of sp³-hybridized carbons (Fsp3) is 0.222. The molecular formula is C18H16N4O3S. The average molecular weight is 368 g/mol. The fourth-order valence-electron chi connectivity index (χ4n) is 3.12. The zero-order chi connectivity index (χ0) is 17.5. The van der Waals surface area contributed by atoms with Crippen LogP contribution in [0.5, 0.6) is 17.2 Å². The lowest BCUT2D eigenvalue weighted by Crippen LogP contribution is -2.30. The van der Waals surface area contributed by atoms with Gasteiger partial charge in [0.15, 0.2) is 16.7 Å². The first-order valence-corrected chi connectivity index (χ1v) is 9.14. The predicted octanol–water partition coefficient (Wildman–Crippen LogP) is 2.88. The molecule has 0 spiro atoms. The summed E-state index contributed by atoms with van der Waals surface area (Å²) in [4.78, 5) is 8.81. The Hall–Kier alpha value is -2.87. The van der Waals surface area contributed by atoms with E-state index >= 15 is 0 Å². The molecule has 0 atom stereocenters. The van der Waals surface area contributed by atoms with Crippen LogP contribution in [0, 0.1) is 0 Å². The van der Waals surface area contributed by atoms with Crippen molar-refractivity contribution in [3.63, 3.8) is 0 Å². The number of aromatic nitrogens is 3. The molecule has 0 saturated heterocycles. The molecule has 26 heavy (non-hydrogen) atoms. The Labute approximate surface area is 154 Å². The van der Waals surface area contributed by atoms with Gasteiger partial charge in [0.25, 0.3) is 0 Å². The lowest BCUT2D eigenvalue weighted by Gasteiger charge is -2.22. The lowest BCUT2D eigenvalue weighted by atomic mass is 10.2. The minimum atomic E-state index is 0.289. The summed E-state index contributed by atoms with van der Waals surface area (Å²) in [6.07, 6.45) is 5.41. The Morgan fingerprint density at radius 1 is 1.15 bits per heavy atom. The van der Waals surface area contributed by atoms with E-state index in [0.717, 1.165) is 51.6 Å². The summed E-state index contributed by atoms with van der Waals surface area (Å²) in [6.45, 7) is 1.04. The van der Waals surface area contributed by atoms with Crippen LogP contribution in [0.4, 0.5) is 0 Å². The highest BCUT2D eigenvalue weighted by atomic mass is 32.2. The van der Waals surface area contributed by atoms with E-state index in [1.54, 1.807) is 25.1 Å². The molecule has 4 heterocycles. The van der Waals surface area contributed by atoms with Gasteiger partial charge in [-0.25, -0.2) is 9.66 Å². The standard InChI is InChI=1S/C18H16N4O3S/c1-23-14-5-13(6-19-7-14)15-8-20-18-22(15)21(10-26-18)9-12-2-3-16-17(4-12)25-11-24-16/h2-8H,9-11H2,1H3. The quantitative estimate of drug-likeness (QED) is 0.702. The van der Waals surface area contributed by atoms with Crippen molar-refractivity contribution < 1.29 is 14.2 Å². The third-order valence-electron chi connectivity index (χ3n) is 4.38. The molecule has 0 unspecified atom stereocenters. The highest BCUT2D eigenvalue weighted by Gasteiger charge is 2.25. The van der Waals surface area contributed by atoms with Crippen LogP contribution in [0.2, 0.25) is 0 Å². The molecule has 0 aliphatic carbocycles. The van der Waals surface area contributed by atoms with Crippen molar-refractivity contribution in [1.29, 1.82) is 0 Å². The first-order valence-electron chi connectivity index (χ1n) is 8.15. The van der Waals surface area contributed by atoms with Gasteiger partial charge in [-0.15, -0.1) is 0 Å². The van der Waals surface area contributed by atoms with Gasteiger partial charge in [0.2, 0.25) is 6.79 Å². The van der Waals surface area contributed by atoms with Gasteiger partial charge >= 0.3 is 0 Å². The number of nitrogens with zero attached hydrogens (tertiary/aromatic N) is 4. The van der Waals surface area contributed by atoms with Gasteiger partial charge in [-0.05, 0) is 23.8 Å². The van der Waals surface area contributed by atoms with Crippen LogP contribution in [0.25, 0.3) is 11.3 Å². The molecule has 0 N–H and O–H groups in total. The largest absolute Gasteiger partial charge is 0.495 e. The van der Waals surface area contributed by atoms with Crippen LogP contribution < -0.4 is 19.2 Å². The Morgan fingerprint density at radius 3 is 3.00 bits per heavy atom. The summed E-state index contributed by atoms with van der Waals surface area (Å²) >= 11 is 1.72. The maximum absolute atomic E-state index is 5.49. The van der Waals surface area contributed by atoms with E-state index in [4.69, 9.17) is 14.2 Å². The molecule has 0 bridgehead atoms. The second kappa shape index (κ2) is 6.14. The Morgan fingerprint density at radius 2 is 2.08 bits per heavy atom. The molecule has 2 aromatic heterocycles. The maximum atomic E-state index is 5.49. The number of rotatable bonds is 4. The van der Waals surface area contributed by atoms with Gasteiger partial charge in [0.05, 0.1) is 37.6 Å². The summed E-state index contributed by atoms with van der Waals surface area (Å²) in [5.41, 5.74) is 3.13. The third kappa shape index (κ3) is 2.53. The van der Waals surface area contributed by atoms with E-state index in [0.29, 0.717) is 0 Å². The van der Waals surface area contributed by atoms with Crippen LogP contribution >= 0.6 is 11.8 Å². The summed E-state index contributed by atoms with van der Waals surface area (Å²) in [6, 6.07) is 8.04. The zero-order valence-corrected chi connectivity index (χ0v) is 14.9. The van der Waals surface area contributed by atoms with Crippen LogP contribution in [0.3, 0.4) is 0 Å². The minimum Gasteiger partial charge on any atom is -0.495 e. The van der Waals surface area contributed by atoms with Crippen molar-refractivity contribution in [3.8, 4) is 28.5 Å². The zero-order valence-electron chi connectivity index (χ0n) is 14.1. The number of thioether (sulfide) groups is 1. The van der Waals surface area contributed by atoms with Gasteiger partial charge in [0.1, 0.15) is 5.75 Å². The van der Waals surface area contributed by atoms with E-state index in [2.05, 4.69) is 25.7 Å². The molecule has 5 rings (SSSR count). The molecule has 2 aliphatic rings. The molecule has 7 nitrogen and oxygen atoms in total. The molecule has 3 aromatic rings. The first-order chi connectivity index (χ1) is 12.8. The van der Waals surface area contributed by atoms with Crippen molar-refractivity contribution in [2.75, 3.05) is 24.8 Å². The van der Waals surface area contributed by atoms with Crippen LogP contribution in [-0.2, 0) is 6.54 Å². The number of ether oxygens (including phenoxy) is 3. The third-order valence-corrected chi connectivity index (χ3v) is 5.34. The lowest BCUT2D eigenvalue weighted by molar-refractivity contribution is 0.174. The molecule has 0 saturated carbocycles. The van der Waals surface area contributed by atoms with Gasteiger partial charge in [0, 0.05) is 11.8 Å². The first kappa shape index (κ1) is 15.4. The predicted molar refractivity (Wildman–Crippen MR) is 97.2 cm³/mol. The van der Waals surface area contributed by atoms with Gasteiger partial charge in [-0.3, -0.25) is 9.99 Å². The summed E-state index contributed by atoms with van der Waals surface area (Å²) in [5.74, 6) is 3.17. The topological polar surface area (TPSA) is 61.6 Å². The Bertz CT molecular complexity index is 975. The molecule has 0 fully saturated rings. The SMILES string of the molecule is COc1cncc(-c2cnc3n2N(Cc2ccc4c(c2)OCO4)CS3)c1. The molecule has 132 valence electrons. The van der Waals surface area contributed by atoms with Gasteiger partial charge in [-0.1, -0.05) is 17.8 Å². The van der Waals surface area contributed by atoms with E-state index in [1.807, 2.05) is 30.6 Å². The van der Waals surface area contributed by atoms with E-state index < -0.39 is 0 Å². The number of hydrogen-bond donors (Lipinski definition) is 0. The smallest absolute Gasteiger partial charge is 0.231 e. The van der Waals surface area contributed by atoms with Crippen molar-refractivity contribution >= 4 is 11.8 Å². The second-order valence-electron chi connectivity index (χ2n) is 5.98. The molecule has 0 amide bonds. The van der Waals surface area contributed by atoms with E-state index in [9.17, 15) is 0 Å². The molecule has 1 aromatic carbocycles.